The van der Waals surface area contributed by atoms with Crippen LogP contribution in [0.25, 0.3) is 0 Å². The Kier molecular flexibility index (Phi) is 2.87. The van der Waals surface area contributed by atoms with Gasteiger partial charge in [0.1, 0.15) is 5.75 Å². The van der Waals surface area contributed by atoms with Gasteiger partial charge in [-0.25, -0.2) is 0 Å². The Morgan fingerprint density at radius 3 is 2.88 bits per heavy atom. The second kappa shape index (κ2) is 4.48. The molecule has 0 bridgehead atoms. The number of aromatic hydroxyl groups is 1. The Hall–Kier alpha value is -2.63. The molecule has 0 atom stereocenters. The summed E-state index contributed by atoms with van der Waals surface area (Å²) in [6, 6.07) is 7.41. The van der Waals surface area contributed by atoms with Gasteiger partial charge >= 0.3 is 0 Å². The average molecular weight is 230 g/mol. The topological polar surface area (TPSA) is 101 Å². The zero-order valence-corrected chi connectivity index (χ0v) is 8.79. The number of carbonyl (C=O) groups is 1. The highest BCUT2D eigenvalue weighted by molar-refractivity contribution is 6.07. The molecule has 0 unspecified atom stereocenters. The molecule has 86 valence electrons. The third-order valence-corrected chi connectivity index (χ3v) is 2.10. The number of nitrogens with one attached hydrogen (secondary N) is 1. The number of rotatable bonds is 2. The highest BCUT2D eigenvalue weighted by Crippen LogP contribution is 2.19. The average Bonchev–Trinajstić information content (AvgIpc) is 2.33. The van der Waals surface area contributed by atoms with Crippen LogP contribution < -0.4 is 11.1 Å². The standard InChI is InChI=1S/C11H10N4O2/c12-9-4-3-7(16)6-8(9)11(17)14-10-2-1-5-13-15-10/h1-6,16H,12H2,(H,14,15,17). The van der Waals surface area contributed by atoms with Gasteiger partial charge in [-0.05, 0) is 30.3 Å². The lowest BCUT2D eigenvalue weighted by molar-refractivity contribution is 0.102. The molecule has 1 amide bonds. The fraction of sp³-hybridized carbons (Fsp3) is 0. The summed E-state index contributed by atoms with van der Waals surface area (Å²) in [5, 5.41) is 19.1. The molecule has 0 saturated carbocycles. The van der Waals surface area contributed by atoms with Gasteiger partial charge in [-0.15, -0.1) is 5.10 Å². The van der Waals surface area contributed by atoms with Crippen LogP contribution in [0, 0.1) is 0 Å². The Morgan fingerprint density at radius 2 is 2.18 bits per heavy atom. The van der Waals surface area contributed by atoms with E-state index >= 15 is 0 Å². The Balaban J connectivity index is 2.23. The molecule has 2 aromatic rings. The van der Waals surface area contributed by atoms with Crippen molar-refractivity contribution in [2.45, 2.75) is 0 Å². The molecule has 1 heterocycles. The van der Waals surface area contributed by atoms with Gasteiger partial charge in [0.2, 0.25) is 0 Å². The molecule has 0 aliphatic heterocycles. The van der Waals surface area contributed by atoms with Crippen molar-refractivity contribution < 1.29 is 9.90 Å². The maximum absolute atomic E-state index is 11.8. The molecule has 6 nitrogen and oxygen atoms in total. The molecule has 0 saturated heterocycles. The number of amides is 1. The van der Waals surface area contributed by atoms with Crippen LogP contribution in [0.3, 0.4) is 0 Å². The number of hydrogen-bond acceptors (Lipinski definition) is 5. The van der Waals surface area contributed by atoms with Gasteiger partial charge in [0.15, 0.2) is 5.82 Å². The van der Waals surface area contributed by atoms with E-state index in [1.165, 1.54) is 24.4 Å². The summed E-state index contributed by atoms with van der Waals surface area (Å²) in [4.78, 5) is 11.8. The summed E-state index contributed by atoms with van der Waals surface area (Å²) < 4.78 is 0. The summed E-state index contributed by atoms with van der Waals surface area (Å²) in [6.45, 7) is 0. The smallest absolute Gasteiger partial charge is 0.259 e. The summed E-state index contributed by atoms with van der Waals surface area (Å²) in [5.74, 6) is -0.150. The van der Waals surface area contributed by atoms with Gasteiger partial charge in [0.25, 0.3) is 5.91 Å². The van der Waals surface area contributed by atoms with Gasteiger partial charge in [-0.2, -0.15) is 5.10 Å². The third kappa shape index (κ3) is 2.49. The van der Waals surface area contributed by atoms with Crippen molar-refractivity contribution >= 4 is 17.4 Å². The number of nitrogen functional groups attached to an aromatic ring is 1. The van der Waals surface area contributed by atoms with Crippen LogP contribution in [0.2, 0.25) is 0 Å². The van der Waals surface area contributed by atoms with Crippen LogP contribution in [0.15, 0.2) is 36.5 Å². The number of phenolic OH excluding ortho intramolecular Hbond substituents is 1. The fourth-order valence-electron chi connectivity index (χ4n) is 1.29. The fourth-order valence-corrected chi connectivity index (χ4v) is 1.29. The van der Waals surface area contributed by atoms with E-state index in [0.717, 1.165) is 0 Å². The SMILES string of the molecule is Nc1ccc(O)cc1C(=O)Nc1cccnn1. The highest BCUT2D eigenvalue weighted by atomic mass is 16.3. The van der Waals surface area contributed by atoms with Gasteiger partial charge in [-0.1, -0.05) is 0 Å². The molecular weight excluding hydrogens is 220 g/mol. The highest BCUT2D eigenvalue weighted by Gasteiger charge is 2.11. The normalized spacial score (nSPS) is 9.88. The van der Waals surface area contributed by atoms with E-state index in [9.17, 15) is 9.90 Å². The molecule has 0 fully saturated rings. The van der Waals surface area contributed by atoms with Gasteiger partial charge in [0, 0.05) is 11.9 Å². The van der Waals surface area contributed by atoms with Crippen molar-refractivity contribution in [3.05, 3.63) is 42.1 Å². The lowest BCUT2D eigenvalue weighted by atomic mass is 10.1. The number of hydrogen-bond donors (Lipinski definition) is 3. The minimum Gasteiger partial charge on any atom is -0.508 e. The van der Waals surface area contributed by atoms with Crippen molar-refractivity contribution in [2.24, 2.45) is 0 Å². The van der Waals surface area contributed by atoms with Crippen molar-refractivity contribution in [2.75, 3.05) is 11.1 Å². The van der Waals surface area contributed by atoms with E-state index in [1.54, 1.807) is 12.1 Å². The predicted molar refractivity (Wildman–Crippen MR) is 62.5 cm³/mol. The summed E-state index contributed by atoms with van der Waals surface area (Å²) in [6.07, 6.45) is 1.50. The van der Waals surface area contributed by atoms with Crippen LogP contribution in [-0.4, -0.2) is 21.2 Å². The molecule has 4 N–H and O–H groups in total. The number of nitrogens with zero attached hydrogens (tertiary/aromatic N) is 2. The van der Waals surface area contributed by atoms with Crippen molar-refractivity contribution in [1.82, 2.24) is 10.2 Å². The molecule has 0 aliphatic rings. The van der Waals surface area contributed by atoms with Crippen molar-refractivity contribution in [3.8, 4) is 5.75 Å². The summed E-state index contributed by atoms with van der Waals surface area (Å²) >= 11 is 0. The minimum absolute atomic E-state index is 0.0245. The molecule has 0 radical (unpaired) electrons. The lowest BCUT2D eigenvalue weighted by Crippen LogP contribution is -2.15. The third-order valence-electron chi connectivity index (χ3n) is 2.10. The molecule has 2 rings (SSSR count). The number of aromatic nitrogens is 2. The predicted octanol–water partition coefficient (Wildman–Crippen LogP) is 1.02. The molecule has 1 aromatic carbocycles. The Morgan fingerprint density at radius 1 is 1.35 bits per heavy atom. The van der Waals surface area contributed by atoms with Gasteiger partial charge < -0.3 is 16.2 Å². The first-order valence-electron chi connectivity index (χ1n) is 4.84. The monoisotopic (exact) mass is 230 g/mol. The zero-order valence-electron chi connectivity index (χ0n) is 8.79. The van der Waals surface area contributed by atoms with E-state index in [-0.39, 0.29) is 17.0 Å². The summed E-state index contributed by atoms with van der Waals surface area (Å²) in [7, 11) is 0. The number of carbonyl (C=O) groups excluding carboxylic acids is 1. The second-order valence-corrected chi connectivity index (χ2v) is 3.33. The van der Waals surface area contributed by atoms with Crippen LogP contribution in [0.4, 0.5) is 11.5 Å². The minimum atomic E-state index is -0.445. The van der Waals surface area contributed by atoms with E-state index in [0.29, 0.717) is 5.82 Å². The molecule has 0 spiro atoms. The Bertz CT molecular complexity index is 542. The molecular formula is C11H10N4O2. The number of nitrogens with two attached hydrogens (primary N) is 1. The second-order valence-electron chi connectivity index (χ2n) is 3.33. The van der Waals surface area contributed by atoms with E-state index in [4.69, 9.17) is 5.73 Å². The van der Waals surface area contributed by atoms with E-state index in [2.05, 4.69) is 15.5 Å². The maximum Gasteiger partial charge on any atom is 0.259 e. The van der Waals surface area contributed by atoms with Gasteiger partial charge in [-0.3, -0.25) is 4.79 Å². The van der Waals surface area contributed by atoms with Crippen molar-refractivity contribution in [1.29, 1.82) is 0 Å². The molecule has 6 heteroatoms. The first-order chi connectivity index (χ1) is 8.16. The van der Waals surface area contributed by atoms with E-state index < -0.39 is 5.91 Å². The van der Waals surface area contributed by atoms with Crippen molar-refractivity contribution in [3.63, 3.8) is 0 Å². The molecule has 0 aliphatic carbocycles. The largest absolute Gasteiger partial charge is 0.508 e. The molecule has 1 aromatic heterocycles. The van der Waals surface area contributed by atoms with Crippen LogP contribution >= 0.6 is 0 Å². The number of anilines is 2. The number of phenols is 1. The molecule has 17 heavy (non-hydrogen) atoms. The summed E-state index contributed by atoms with van der Waals surface area (Å²) in [5.41, 5.74) is 6.11. The lowest BCUT2D eigenvalue weighted by Gasteiger charge is -2.06. The first-order valence-corrected chi connectivity index (χ1v) is 4.84. The van der Waals surface area contributed by atoms with Crippen LogP contribution in [0.1, 0.15) is 10.4 Å². The first kappa shape index (κ1) is 10.9. The van der Waals surface area contributed by atoms with Gasteiger partial charge in [0.05, 0.1) is 5.56 Å². The van der Waals surface area contributed by atoms with Crippen LogP contribution in [-0.2, 0) is 0 Å². The number of benzene rings is 1. The quantitative estimate of drug-likeness (QED) is 0.528. The maximum atomic E-state index is 11.8. The van der Waals surface area contributed by atoms with E-state index in [1.807, 2.05) is 0 Å². The zero-order chi connectivity index (χ0) is 12.3. The Labute approximate surface area is 97.1 Å². The van der Waals surface area contributed by atoms with Crippen LogP contribution in [0.5, 0.6) is 5.75 Å².